The van der Waals surface area contributed by atoms with Crippen molar-refractivity contribution in [1.82, 2.24) is 4.90 Å². The van der Waals surface area contributed by atoms with Crippen molar-refractivity contribution < 1.29 is 9.53 Å². The normalized spacial score (nSPS) is 56.8. The van der Waals surface area contributed by atoms with Gasteiger partial charge in [0.2, 0.25) is 0 Å². The summed E-state index contributed by atoms with van der Waals surface area (Å²) < 4.78 is 5.16. The summed E-state index contributed by atoms with van der Waals surface area (Å²) in [6.07, 6.45) is 2.39. The first-order valence-electron chi connectivity index (χ1n) is 7.16. The van der Waals surface area contributed by atoms with E-state index in [-0.39, 0.29) is 6.09 Å². The minimum atomic E-state index is -0.0941. The highest BCUT2D eigenvalue weighted by Crippen LogP contribution is 2.69. The van der Waals surface area contributed by atoms with Crippen molar-refractivity contribution >= 4 is 6.09 Å². The highest BCUT2D eigenvalue weighted by molar-refractivity contribution is 5.73. The minimum absolute atomic E-state index is 0.0941. The van der Waals surface area contributed by atoms with Gasteiger partial charge in [-0.1, -0.05) is 0 Å². The van der Waals surface area contributed by atoms with Gasteiger partial charge in [-0.2, -0.15) is 10.2 Å². The van der Waals surface area contributed by atoms with E-state index in [1.165, 1.54) is 12.8 Å². The zero-order chi connectivity index (χ0) is 12.0. The largest absolute Gasteiger partial charge is 0.450 e. The summed E-state index contributed by atoms with van der Waals surface area (Å²) in [5.74, 6) is 2.81. The zero-order valence-electron chi connectivity index (χ0n) is 10.4. The molecule has 0 aromatic heterocycles. The molecule has 0 radical (unpaired) electrons. The van der Waals surface area contributed by atoms with Gasteiger partial charge in [-0.15, -0.1) is 0 Å². The van der Waals surface area contributed by atoms with Crippen LogP contribution in [0.1, 0.15) is 19.8 Å². The molecule has 96 valence electrons. The maximum Gasteiger partial charge on any atom is 0.410 e. The lowest BCUT2D eigenvalue weighted by molar-refractivity contribution is 0.125. The van der Waals surface area contributed by atoms with Crippen LogP contribution in [0.25, 0.3) is 0 Å². The van der Waals surface area contributed by atoms with Gasteiger partial charge in [0.05, 0.1) is 30.8 Å². The molecule has 4 bridgehead atoms. The summed E-state index contributed by atoms with van der Waals surface area (Å²) in [6.45, 7) is 2.35. The molecule has 4 fully saturated rings. The molecule has 0 unspecified atom stereocenters. The summed E-state index contributed by atoms with van der Waals surface area (Å²) in [7, 11) is 0. The smallest absolute Gasteiger partial charge is 0.410 e. The molecule has 8 atom stereocenters. The molecule has 18 heavy (non-hydrogen) atoms. The van der Waals surface area contributed by atoms with Crippen LogP contribution in [-0.4, -0.2) is 41.8 Å². The van der Waals surface area contributed by atoms with Crippen LogP contribution >= 0.6 is 0 Å². The van der Waals surface area contributed by atoms with E-state index in [0.717, 1.165) is 11.8 Å². The van der Waals surface area contributed by atoms with E-state index in [2.05, 4.69) is 10.2 Å². The van der Waals surface area contributed by atoms with E-state index in [1.54, 1.807) is 0 Å². The first-order valence-corrected chi connectivity index (χ1v) is 7.16. The molecule has 3 saturated carbocycles. The standard InChI is InChI=1S/C13H17N3O2/c1-2-18-13(17)16-11-5-3-6(12(11)16)10-8-4-7(9(5)10)14-15-8/h5-12H,2-4H2,1H3/t5-,6-,7+,8+,9-,10+,11+,12+,16?/m0/s1. The van der Waals surface area contributed by atoms with Gasteiger partial charge in [-0.05, 0) is 43.4 Å². The molecule has 2 aliphatic heterocycles. The van der Waals surface area contributed by atoms with Crippen LogP contribution < -0.4 is 0 Å². The predicted octanol–water partition coefficient (Wildman–Crippen LogP) is 1.68. The van der Waals surface area contributed by atoms with Crippen molar-refractivity contribution in [2.24, 2.45) is 33.9 Å². The Labute approximate surface area is 106 Å². The highest BCUT2D eigenvalue weighted by Gasteiger charge is 2.76. The van der Waals surface area contributed by atoms with Crippen LogP contribution in [0.3, 0.4) is 0 Å². The lowest BCUT2D eigenvalue weighted by Crippen LogP contribution is -2.33. The van der Waals surface area contributed by atoms with E-state index < -0.39 is 0 Å². The first-order chi connectivity index (χ1) is 8.81. The predicted molar refractivity (Wildman–Crippen MR) is 62.1 cm³/mol. The van der Waals surface area contributed by atoms with E-state index in [1.807, 2.05) is 11.8 Å². The van der Waals surface area contributed by atoms with E-state index in [4.69, 9.17) is 4.74 Å². The van der Waals surface area contributed by atoms with Crippen LogP contribution in [0.4, 0.5) is 4.79 Å². The topological polar surface area (TPSA) is 54.0 Å². The van der Waals surface area contributed by atoms with E-state index in [9.17, 15) is 4.79 Å². The van der Waals surface area contributed by atoms with Crippen LogP contribution in [0.2, 0.25) is 0 Å². The third kappa shape index (κ3) is 0.884. The number of azo groups is 1. The molecule has 0 N–H and O–H groups in total. The quantitative estimate of drug-likeness (QED) is 0.523. The number of carbonyl (C=O) groups is 1. The summed E-state index contributed by atoms with van der Waals surface area (Å²) in [5, 5.41) is 8.83. The van der Waals surface area contributed by atoms with E-state index >= 15 is 0 Å². The molecule has 5 aliphatic rings. The lowest BCUT2D eigenvalue weighted by atomic mass is 9.79. The number of piperidine rings is 1. The Kier molecular flexibility index (Phi) is 1.56. The Balaban J connectivity index is 1.44. The van der Waals surface area contributed by atoms with Crippen molar-refractivity contribution in [2.75, 3.05) is 6.61 Å². The minimum Gasteiger partial charge on any atom is -0.450 e. The average Bonchev–Trinajstić information content (AvgIpc) is 2.83. The molecule has 0 aromatic carbocycles. The fraction of sp³-hybridized carbons (Fsp3) is 0.923. The second kappa shape index (κ2) is 2.89. The Morgan fingerprint density at radius 2 is 1.78 bits per heavy atom. The van der Waals surface area contributed by atoms with Crippen molar-refractivity contribution in [1.29, 1.82) is 0 Å². The number of hydrogen-bond donors (Lipinski definition) is 0. The fourth-order valence-corrected chi connectivity index (χ4v) is 5.63. The third-order valence-corrected chi connectivity index (χ3v) is 5.97. The third-order valence-electron chi connectivity index (χ3n) is 5.97. The van der Waals surface area contributed by atoms with Crippen molar-refractivity contribution in [3.8, 4) is 0 Å². The molecule has 0 aromatic rings. The molecule has 0 spiro atoms. The number of hydrogen-bond acceptors (Lipinski definition) is 4. The Hall–Kier alpha value is -1.13. The summed E-state index contributed by atoms with van der Waals surface area (Å²) >= 11 is 0. The van der Waals surface area contributed by atoms with Gasteiger partial charge in [-0.25, -0.2) is 4.79 Å². The molecule has 1 saturated heterocycles. The van der Waals surface area contributed by atoms with Gasteiger partial charge >= 0.3 is 6.09 Å². The van der Waals surface area contributed by atoms with Crippen LogP contribution in [0.5, 0.6) is 0 Å². The first kappa shape index (κ1) is 9.75. The SMILES string of the molecule is CCOC(=O)N1[C@@H]2[C@H]3C[C@@H]([C@H]4[C@@H]3[C@H]3C[C@H]4N=N3)[C@H]21. The number of rotatable bonds is 1. The number of amides is 1. The van der Waals surface area contributed by atoms with Gasteiger partial charge in [0.15, 0.2) is 0 Å². The molecule has 5 nitrogen and oxygen atoms in total. The van der Waals surface area contributed by atoms with Gasteiger partial charge in [0.1, 0.15) is 0 Å². The van der Waals surface area contributed by atoms with Crippen molar-refractivity contribution in [3.63, 3.8) is 0 Å². The number of ether oxygens (including phenoxy) is 1. The number of nitrogens with zero attached hydrogens (tertiary/aromatic N) is 3. The molecular formula is C13H17N3O2. The number of likely N-dealkylation sites (tertiary alicyclic amines) is 1. The second-order valence-electron chi connectivity index (χ2n) is 6.41. The zero-order valence-corrected chi connectivity index (χ0v) is 10.4. The highest BCUT2D eigenvalue weighted by atomic mass is 16.6. The summed E-state index contributed by atoms with van der Waals surface area (Å²) in [4.78, 5) is 13.9. The lowest BCUT2D eigenvalue weighted by Gasteiger charge is -2.28. The van der Waals surface area contributed by atoms with Crippen molar-refractivity contribution in [2.45, 2.75) is 43.9 Å². The molecule has 5 rings (SSSR count). The molecule has 2 heterocycles. The fourth-order valence-electron chi connectivity index (χ4n) is 5.63. The summed E-state index contributed by atoms with van der Waals surface area (Å²) in [6, 6.07) is 1.90. The van der Waals surface area contributed by atoms with Gasteiger partial charge in [0.25, 0.3) is 0 Å². The van der Waals surface area contributed by atoms with Crippen molar-refractivity contribution in [3.05, 3.63) is 0 Å². The molecule has 5 heteroatoms. The Morgan fingerprint density at radius 3 is 2.33 bits per heavy atom. The van der Waals surface area contributed by atoms with E-state index in [0.29, 0.717) is 42.6 Å². The molecule has 1 amide bonds. The number of fused-ring (bicyclic) bond motifs is 12. The second-order valence-corrected chi connectivity index (χ2v) is 6.41. The Morgan fingerprint density at radius 1 is 1.17 bits per heavy atom. The van der Waals surface area contributed by atoms with Crippen LogP contribution in [0, 0.1) is 23.7 Å². The van der Waals surface area contributed by atoms with Gasteiger partial charge in [0, 0.05) is 0 Å². The van der Waals surface area contributed by atoms with Gasteiger partial charge < -0.3 is 4.74 Å². The maximum atomic E-state index is 11.9. The number of carbonyl (C=O) groups excluding carboxylic acids is 1. The monoisotopic (exact) mass is 247 g/mol. The molecule has 3 aliphatic carbocycles. The maximum absolute atomic E-state index is 11.9. The summed E-state index contributed by atoms with van der Waals surface area (Å²) in [5.41, 5.74) is 0. The van der Waals surface area contributed by atoms with Gasteiger partial charge in [-0.3, -0.25) is 4.90 Å². The molecular weight excluding hydrogens is 230 g/mol. The van der Waals surface area contributed by atoms with Crippen LogP contribution in [-0.2, 0) is 4.74 Å². The average molecular weight is 247 g/mol. The Bertz CT molecular complexity index is 435. The van der Waals surface area contributed by atoms with Crippen LogP contribution in [0.15, 0.2) is 10.2 Å².